The summed E-state index contributed by atoms with van der Waals surface area (Å²) in [4.78, 5) is 16.8. The first-order chi connectivity index (χ1) is 15.9. The number of methoxy groups -OCH3 is 1. The van der Waals surface area contributed by atoms with E-state index in [-0.39, 0.29) is 24.4 Å². The SMILES string of the molecule is COc1cc(/C=C2/C(=O)N(C3CCCCC3)C(=S)N2C)c(Br)cc1OCc1ccc(F)cc1. The van der Waals surface area contributed by atoms with Crippen molar-refractivity contribution < 1.29 is 18.7 Å². The molecule has 1 saturated carbocycles. The number of carbonyl (C=O) groups is 1. The Kier molecular flexibility index (Phi) is 7.34. The molecular weight excluding hydrogens is 507 g/mol. The van der Waals surface area contributed by atoms with E-state index in [1.807, 2.05) is 25.3 Å². The van der Waals surface area contributed by atoms with Crippen molar-refractivity contribution in [1.82, 2.24) is 9.80 Å². The van der Waals surface area contributed by atoms with Gasteiger partial charge in [0, 0.05) is 17.6 Å². The highest BCUT2D eigenvalue weighted by molar-refractivity contribution is 9.10. The largest absolute Gasteiger partial charge is 0.493 e. The van der Waals surface area contributed by atoms with Gasteiger partial charge >= 0.3 is 0 Å². The zero-order valence-electron chi connectivity index (χ0n) is 18.6. The van der Waals surface area contributed by atoms with Crippen LogP contribution in [0.4, 0.5) is 4.39 Å². The van der Waals surface area contributed by atoms with Crippen molar-refractivity contribution in [2.45, 2.75) is 44.8 Å². The van der Waals surface area contributed by atoms with Crippen molar-refractivity contribution in [2.24, 2.45) is 0 Å². The van der Waals surface area contributed by atoms with Crippen LogP contribution in [0.5, 0.6) is 11.5 Å². The van der Waals surface area contributed by atoms with Crippen LogP contribution in [-0.2, 0) is 11.4 Å². The van der Waals surface area contributed by atoms with Crippen LogP contribution in [0.25, 0.3) is 6.08 Å². The molecule has 2 aromatic rings. The molecule has 0 atom stereocenters. The van der Waals surface area contributed by atoms with E-state index < -0.39 is 0 Å². The fraction of sp³-hybridized carbons (Fsp3) is 0.360. The van der Waals surface area contributed by atoms with Gasteiger partial charge in [-0.3, -0.25) is 9.69 Å². The van der Waals surface area contributed by atoms with Gasteiger partial charge in [-0.05, 0) is 66.5 Å². The van der Waals surface area contributed by atoms with Crippen LogP contribution in [0.15, 0.2) is 46.6 Å². The number of rotatable bonds is 6. The lowest BCUT2D eigenvalue weighted by Crippen LogP contribution is -2.41. The molecule has 0 aromatic heterocycles. The molecule has 0 radical (unpaired) electrons. The summed E-state index contributed by atoms with van der Waals surface area (Å²) in [5.74, 6) is 0.731. The lowest BCUT2D eigenvalue weighted by atomic mass is 9.94. The molecule has 1 amide bonds. The van der Waals surface area contributed by atoms with Gasteiger partial charge in [0.25, 0.3) is 5.91 Å². The van der Waals surface area contributed by atoms with Crippen molar-refractivity contribution in [3.63, 3.8) is 0 Å². The average molecular weight is 533 g/mol. The van der Waals surface area contributed by atoms with E-state index in [1.165, 1.54) is 18.6 Å². The Morgan fingerprint density at radius 3 is 2.52 bits per heavy atom. The monoisotopic (exact) mass is 532 g/mol. The van der Waals surface area contributed by atoms with Gasteiger partial charge in [-0.2, -0.15) is 0 Å². The predicted octanol–water partition coefficient (Wildman–Crippen LogP) is 5.91. The normalized spacial score (nSPS) is 18.4. The quantitative estimate of drug-likeness (QED) is 0.341. The molecule has 2 aliphatic rings. The smallest absolute Gasteiger partial charge is 0.277 e. The number of amides is 1. The molecule has 1 heterocycles. The molecule has 33 heavy (non-hydrogen) atoms. The van der Waals surface area contributed by atoms with Crippen LogP contribution < -0.4 is 9.47 Å². The van der Waals surface area contributed by atoms with Crippen molar-refractivity contribution in [3.05, 3.63) is 63.5 Å². The van der Waals surface area contributed by atoms with Gasteiger partial charge in [-0.25, -0.2) is 4.39 Å². The molecule has 4 rings (SSSR count). The lowest BCUT2D eigenvalue weighted by molar-refractivity contribution is -0.124. The van der Waals surface area contributed by atoms with Crippen LogP contribution in [-0.4, -0.2) is 41.0 Å². The molecule has 1 aliphatic carbocycles. The maximum absolute atomic E-state index is 13.3. The summed E-state index contributed by atoms with van der Waals surface area (Å²) in [6.45, 7) is 0.273. The first-order valence-electron chi connectivity index (χ1n) is 11.0. The van der Waals surface area contributed by atoms with Gasteiger partial charge in [0.15, 0.2) is 16.6 Å². The molecule has 0 N–H and O–H groups in total. The summed E-state index contributed by atoms with van der Waals surface area (Å²) in [5.41, 5.74) is 2.16. The van der Waals surface area contributed by atoms with E-state index in [4.69, 9.17) is 21.7 Å². The second-order valence-electron chi connectivity index (χ2n) is 8.28. The van der Waals surface area contributed by atoms with Crippen LogP contribution in [0.2, 0.25) is 0 Å². The maximum Gasteiger partial charge on any atom is 0.277 e. The third-order valence-electron chi connectivity index (χ3n) is 6.11. The molecule has 0 unspecified atom stereocenters. The first kappa shape index (κ1) is 23.7. The second-order valence-corrected chi connectivity index (χ2v) is 9.50. The fourth-order valence-corrected chi connectivity index (χ4v) is 5.03. The molecule has 0 bridgehead atoms. The first-order valence-corrected chi connectivity index (χ1v) is 12.2. The topological polar surface area (TPSA) is 42.0 Å². The number of halogens is 2. The van der Waals surface area contributed by atoms with Crippen LogP contribution in [0.3, 0.4) is 0 Å². The van der Waals surface area contributed by atoms with Crippen molar-refractivity contribution >= 4 is 45.2 Å². The molecule has 2 fully saturated rings. The number of hydrogen-bond acceptors (Lipinski definition) is 4. The number of nitrogens with zero attached hydrogens (tertiary/aromatic N) is 2. The van der Waals surface area contributed by atoms with E-state index in [0.717, 1.165) is 41.3 Å². The number of likely N-dealkylation sites (N-methyl/N-ethyl adjacent to an activating group) is 1. The molecule has 1 aliphatic heterocycles. The minimum Gasteiger partial charge on any atom is -0.493 e. The van der Waals surface area contributed by atoms with E-state index >= 15 is 0 Å². The van der Waals surface area contributed by atoms with Crippen molar-refractivity contribution in [2.75, 3.05) is 14.2 Å². The van der Waals surface area contributed by atoms with Gasteiger partial charge in [-0.15, -0.1) is 0 Å². The number of ether oxygens (including phenoxy) is 2. The molecule has 174 valence electrons. The fourth-order valence-electron chi connectivity index (χ4n) is 4.26. The number of carbonyl (C=O) groups excluding carboxylic acids is 1. The maximum atomic E-state index is 13.3. The minimum absolute atomic E-state index is 0.0584. The van der Waals surface area contributed by atoms with E-state index in [2.05, 4.69) is 15.9 Å². The minimum atomic E-state index is -0.288. The van der Waals surface area contributed by atoms with Crippen LogP contribution >= 0.6 is 28.1 Å². The molecule has 5 nitrogen and oxygen atoms in total. The summed E-state index contributed by atoms with van der Waals surface area (Å²) >= 11 is 9.21. The van der Waals surface area contributed by atoms with Gasteiger partial charge in [0.2, 0.25) is 0 Å². The zero-order valence-corrected chi connectivity index (χ0v) is 21.0. The summed E-state index contributed by atoms with van der Waals surface area (Å²) in [5, 5.41) is 0.556. The van der Waals surface area contributed by atoms with Crippen LogP contribution in [0.1, 0.15) is 43.2 Å². The Bertz CT molecular complexity index is 1080. The third-order valence-corrected chi connectivity index (χ3v) is 7.27. The highest BCUT2D eigenvalue weighted by atomic mass is 79.9. The Labute approximate surface area is 207 Å². The Morgan fingerprint density at radius 1 is 1.15 bits per heavy atom. The Hall–Kier alpha value is -2.45. The Morgan fingerprint density at radius 2 is 1.85 bits per heavy atom. The van der Waals surface area contributed by atoms with E-state index in [9.17, 15) is 9.18 Å². The highest BCUT2D eigenvalue weighted by Gasteiger charge is 2.40. The molecule has 1 saturated heterocycles. The van der Waals surface area contributed by atoms with Crippen molar-refractivity contribution in [3.8, 4) is 11.5 Å². The summed E-state index contributed by atoms with van der Waals surface area (Å²) in [6.07, 6.45) is 7.28. The van der Waals surface area contributed by atoms with E-state index in [1.54, 1.807) is 29.0 Å². The summed E-state index contributed by atoms with van der Waals surface area (Å²) in [7, 11) is 3.40. The standard InChI is InChI=1S/C25H26BrFN2O3S/c1-28-21(24(30)29(25(28)33)19-6-4-3-5-7-19)12-17-13-22(31-2)23(14-20(17)26)32-15-16-8-10-18(27)11-9-16/h8-14,19H,3-7,15H2,1-2H3/b21-12-. The highest BCUT2D eigenvalue weighted by Crippen LogP contribution is 2.37. The Balaban J connectivity index is 1.57. The lowest BCUT2D eigenvalue weighted by Gasteiger charge is -2.30. The zero-order chi connectivity index (χ0) is 23.5. The van der Waals surface area contributed by atoms with Gasteiger partial charge < -0.3 is 14.4 Å². The predicted molar refractivity (Wildman–Crippen MR) is 133 cm³/mol. The summed E-state index contributed by atoms with van der Waals surface area (Å²) in [6, 6.07) is 9.97. The van der Waals surface area contributed by atoms with Gasteiger partial charge in [0.05, 0.1) is 7.11 Å². The molecule has 8 heteroatoms. The summed E-state index contributed by atoms with van der Waals surface area (Å²) < 4.78 is 25.3. The number of hydrogen-bond donors (Lipinski definition) is 0. The van der Waals surface area contributed by atoms with E-state index in [0.29, 0.717) is 22.3 Å². The average Bonchev–Trinajstić information content (AvgIpc) is 3.03. The number of thiocarbonyl (C=S) groups is 1. The third kappa shape index (κ3) is 5.06. The number of benzene rings is 2. The second kappa shape index (κ2) is 10.2. The van der Waals surface area contributed by atoms with Gasteiger partial charge in [0.1, 0.15) is 18.1 Å². The molecule has 2 aromatic carbocycles. The molecule has 0 spiro atoms. The molecular formula is C25H26BrFN2O3S. The van der Waals surface area contributed by atoms with Crippen LogP contribution in [0, 0.1) is 5.82 Å². The van der Waals surface area contributed by atoms with Gasteiger partial charge in [-0.1, -0.05) is 47.3 Å². The van der Waals surface area contributed by atoms with Crippen molar-refractivity contribution in [1.29, 1.82) is 0 Å².